The van der Waals surface area contributed by atoms with Crippen LogP contribution in [-0.4, -0.2) is 36.9 Å². The number of nitrogens with one attached hydrogen (secondary N) is 1. The summed E-state index contributed by atoms with van der Waals surface area (Å²) in [5.41, 5.74) is 0. The van der Waals surface area contributed by atoms with Gasteiger partial charge >= 0.3 is 5.97 Å². The molecule has 0 rings (SSSR count). The van der Waals surface area contributed by atoms with Crippen LogP contribution >= 0.6 is 0 Å². The predicted octanol–water partition coefficient (Wildman–Crippen LogP) is 1.50. The van der Waals surface area contributed by atoms with Crippen LogP contribution < -0.4 is 5.32 Å². The first-order chi connectivity index (χ1) is 7.02. The van der Waals surface area contributed by atoms with Crippen molar-refractivity contribution in [3.05, 3.63) is 0 Å². The Labute approximate surface area is 92.0 Å². The van der Waals surface area contributed by atoms with Gasteiger partial charge in [-0.3, -0.25) is 10.1 Å². The highest BCUT2D eigenvalue weighted by Gasteiger charge is 2.22. The van der Waals surface area contributed by atoms with Gasteiger partial charge in [0.05, 0.1) is 6.61 Å². The van der Waals surface area contributed by atoms with Crippen LogP contribution in [0, 0.1) is 5.92 Å². The van der Waals surface area contributed by atoms with Crippen LogP contribution in [0.25, 0.3) is 0 Å². The van der Waals surface area contributed by atoms with E-state index < -0.39 is 12.0 Å². The molecule has 0 bridgehead atoms. The van der Waals surface area contributed by atoms with Gasteiger partial charge in [0, 0.05) is 13.2 Å². The SMILES string of the molecule is CCCC(NC(COC)C(C)C)C(=O)O. The van der Waals surface area contributed by atoms with Crippen LogP contribution in [-0.2, 0) is 9.53 Å². The molecule has 4 heteroatoms. The molecule has 0 saturated heterocycles. The molecule has 0 fully saturated rings. The second-order valence-corrected chi connectivity index (χ2v) is 4.15. The largest absolute Gasteiger partial charge is 0.480 e. The maximum Gasteiger partial charge on any atom is 0.320 e. The topological polar surface area (TPSA) is 58.6 Å². The molecule has 0 aromatic heterocycles. The highest BCUT2D eigenvalue weighted by Crippen LogP contribution is 2.06. The lowest BCUT2D eigenvalue weighted by molar-refractivity contribution is -0.140. The van der Waals surface area contributed by atoms with Crippen LogP contribution in [0.2, 0.25) is 0 Å². The van der Waals surface area contributed by atoms with E-state index in [1.807, 2.05) is 6.92 Å². The quantitative estimate of drug-likeness (QED) is 0.647. The summed E-state index contributed by atoms with van der Waals surface area (Å²) >= 11 is 0. The molecule has 0 amide bonds. The Morgan fingerprint density at radius 3 is 2.40 bits per heavy atom. The van der Waals surface area contributed by atoms with Gasteiger partial charge < -0.3 is 9.84 Å². The van der Waals surface area contributed by atoms with E-state index in [4.69, 9.17) is 9.84 Å². The third kappa shape index (κ3) is 5.74. The maximum absolute atomic E-state index is 10.9. The molecule has 0 aliphatic rings. The molecular weight excluding hydrogens is 194 g/mol. The van der Waals surface area contributed by atoms with Crippen molar-refractivity contribution in [2.24, 2.45) is 5.92 Å². The van der Waals surface area contributed by atoms with Crippen molar-refractivity contribution < 1.29 is 14.6 Å². The van der Waals surface area contributed by atoms with Crippen LogP contribution in [0.5, 0.6) is 0 Å². The normalized spacial score (nSPS) is 15.3. The van der Waals surface area contributed by atoms with E-state index in [9.17, 15) is 4.79 Å². The predicted molar refractivity (Wildman–Crippen MR) is 60.0 cm³/mol. The molecule has 15 heavy (non-hydrogen) atoms. The van der Waals surface area contributed by atoms with Crippen LogP contribution in [0.1, 0.15) is 33.6 Å². The summed E-state index contributed by atoms with van der Waals surface area (Å²) in [6.45, 7) is 6.65. The smallest absolute Gasteiger partial charge is 0.320 e. The van der Waals surface area contributed by atoms with E-state index >= 15 is 0 Å². The van der Waals surface area contributed by atoms with E-state index in [2.05, 4.69) is 19.2 Å². The van der Waals surface area contributed by atoms with E-state index in [1.54, 1.807) is 7.11 Å². The number of aliphatic carboxylic acids is 1. The van der Waals surface area contributed by atoms with Gasteiger partial charge in [-0.05, 0) is 12.3 Å². The van der Waals surface area contributed by atoms with Crippen molar-refractivity contribution in [1.29, 1.82) is 0 Å². The number of carboxylic acids is 1. The summed E-state index contributed by atoms with van der Waals surface area (Å²) in [6, 6.07) is -0.361. The molecule has 0 aromatic carbocycles. The van der Waals surface area contributed by atoms with Crippen molar-refractivity contribution in [3.8, 4) is 0 Å². The van der Waals surface area contributed by atoms with Crippen LogP contribution in [0.4, 0.5) is 0 Å². The average Bonchev–Trinajstić information content (AvgIpc) is 2.15. The summed E-state index contributed by atoms with van der Waals surface area (Å²) in [6.07, 6.45) is 1.52. The molecule has 0 heterocycles. The third-order valence-electron chi connectivity index (χ3n) is 2.44. The summed E-state index contributed by atoms with van der Waals surface area (Å²) in [5, 5.41) is 12.1. The standard InChI is InChI=1S/C11H23NO3/c1-5-6-9(11(13)14)12-10(7-15-4)8(2)3/h8-10,12H,5-7H2,1-4H3,(H,13,14). The molecule has 0 spiro atoms. The first-order valence-corrected chi connectivity index (χ1v) is 5.50. The maximum atomic E-state index is 10.9. The number of ether oxygens (including phenoxy) is 1. The van der Waals surface area contributed by atoms with Crippen molar-refractivity contribution in [1.82, 2.24) is 5.32 Å². The van der Waals surface area contributed by atoms with Crippen molar-refractivity contribution in [2.45, 2.75) is 45.7 Å². The molecule has 4 nitrogen and oxygen atoms in total. The number of methoxy groups -OCH3 is 1. The number of hydrogen-bond donors (Lipinski definition) is 2. The minimum atomic E-state index is -0.779. The Morgan fingerprint density at radius 2 is 2.07 bits per heavy atom. The average molecular weight is 217 g/mol. The van der Waals surface area contributed by atoms with E-state index in [0.29, 0.717) is 18.9 Å². The van der Waals surface area contributed by atoms with E-state index in [1.165, 1.54) is 0 Å². The number of carboxylic acid groups (broad SMARTS) is 1. The molecule has 2 unspecified atom stereocenters. The van der Waals surface area contributed by atoms with Crippen molar-refractivity contribution in [3.63, 3.8) is 0 Å². The molecule has 0 radical (unpaired) electrons. The Hall–Kier alpha value is -0.610. The van der Waals surface area contributed by atoms with Gasteiger partial charge in [0.15, 0.2) is 0 Å². The monoisotopic (exact) mass is 217 g/mol. The van der Waals surface area contributed by atoms with Crippen molar-refractivity contribution >= 4 is 5.97 Å². The molecular formula is C11H23NO3. The van der Waals surface area contributed by atoms with Gasteiger partial charge in [0.1, 0.15) is 6.04 Å². The Balaban J connectivity index is 4.25. The number of carbonyl (C=O) groups is 1. The Bertz CT molecular complexity index is 183. The Kier molecular flexibility index (Phi) is 7.34. The minimum absolute atomic E-state index is 0.0997. The second-order valence-electron chi connectivity index (χ2n) is 4.15. The number of rotatable bonds is 8. The summed E-state index contributed by atoms with van der Waals surface area (Å²) in [4.78, 5) is 10.9. The lowest BCUT2D eigenvalue weighted by Crippen LogP contribution is -2.47. The lowest BCUT2D eigenvalue weighted by atomic mass is 10.0. The zero-order chi connectivity index (χ0) is 11.8. The second kappa shape index (κ2) is 7.65. The molecule has 2 atom stereocenters. The Morgan fingerprint density at radius 1 is 1.47 bits per heavy atom. The lowest BCUT2D eigenvalue weighted by Gasteiger charge is -2.25. The molecule has 0 aliphatic carbocycles. The zero-order valence-electron chi connectivity index (χ0n) is 10.1. The molecule has 0 saturated carbocycles. The highest BCUT2D eigenvalue weighted by molar-refractivity contribution is 5.73. The fourth-order valence-electron chi connectivity index (χ4n) is 1.44. The van der Waals surface area contributed by atoms with Gasteiger partial charge in [-0.1, -0.05) is 27.2 Å². The van der Waals surface area contributed by atoms with E-state index in [0.717, 1.165) is 6.42 Å². The zero-order valence-corrected chi connectivity index (χ0v) is 10.1. The fraction of sp³-hybridized carbons (Fsp3) is 0.909. The first-order valence-electron chi connectivity index (χ1n) is 5.50. The summed E-state index contributed by atoms with van der Waals surface area (Å²) < 4.78 is 5.07. The van der Waals surface area contributed by atoms with Gasteiger partial charge in [-0.2, -0.15) is 0 Å². The molecule has 0 aromatic rings. The van der Waals surface area contributed by atoms with Gasteiger partial charge in [0.2, 0.25) is 0 Å². The van der Waals surface area contributed by atoms with Crippen LogP contribution in [0.15, 0.2) is 0 Å². The molecule has 90 valence electrons. The van der Waals surface area contributed by atoms with Gasteiger partial charge in [0.25, 0.3) is 0 Å². The summed E-state index contributed by atoms with van der Waals surface area (Å²) in [7, 11) is 1.63. The minimum Gasteiger partial charge on any atom is -0.480 e. The van der Waals surface area contributed by atoms with Gasteiger partial charge in [-0.25, -0.2) is 0 Å². The molecule has 0 aliphatic heterocycles. The first kappa shape index (κ1) is 14.4. The molecule has 2 N–H and O–H groups in total. The van der Waals surface area contributed by atoms with Gasteiger partial charge in [-0.15, -0.1) is 0 Å². The number of hydrogen-bond acceptors (Lipinski definition) is 3. The fourth-order valence-corrected chi connectivity index (χ4v) is 1.44. The highest BCUT2D eigenvalue weighted by atomic mass is 16.5. The summed E-state index contributed by atoms with van der Waals surface area (Å²) in [5.74, 6) is -0.415. The van der Waals surface area contributed by atoms with E-state index in [-0.39, 0.29) is 6.04 Å². The van der Waals surface area contributed by atoms with Crippen molar-refractivity contribution in [2.75, 3.05) is 13.7 Å². The third-order valence-corrected chi connectivity index (χ3v) is 2.44. The van der Waals surface area contributed by atoms with Crippen LogP contribution in [0.3, 0.4) is 0 Å².